The molecule has 0 aromatic heterocycles. The third-order valence-electron chi connectivity index (χ3n) is 18.6. The molecule has 0 radical (unpaired) electrons. The molecule has 14 nitrogen and oxygen atoms in total. The summed E-state index contributed by atoms with van der Waals surface area (Å²) in [5, 5.41) is 87.5. The molecule has 2 fully saturated rings. The lowest BCUT2D eigenvalue weighted by atomic mass is 9.97. The van der Waals surface area contributed by atoms with Crippen LogP contribution < -0.4 is 5.32 Å². The van der Waals surface area contributed by atoms with E-state index in [1.165, 1.54) is 283 Å². The zero-order valence-corrected chi connectivity index (χ0v) is 56.7. The molecule has 2 rings (SSSR count). The molecule has 2 aliphatic rings. The quantitative estimate of drug-likeness (QED) is 0.0204. The van der Waals surface area contributed by atoms with Gasteiger partial charge in [-0.15, -0.1) is 0 Å². The lowest BCUT2D eigenvalue weighted by Crippen LogP contribution is -2.65. The van der Waals surface area contributed by atoms with Gasteiger partial charge in [0.05, 0.1) is 32.0 Å². The molecule has 0 aliphatic carbocycles. The topological polar surface area (TPSA) is 228 Å². The first kappa shape index (κ1) is 82.6. The number of ether oxygens (including phenoxy) is 4. The molecule has 12 unspecified atom stereocenters. The van der Waals surface area contributed by atoms with Gasteiger partial charge in [0, 0.05) is 6.42 Å². The van der Waals surface area contributed by atoms with Crippen LogP contribution in [0.15, 0.2) is 24.3 Å². The van der Waals surface area contributed by atoms with Crippen LogP contribution in [0.25, 0.3) is 0 Å². The first-order valence-electron chi connectivity index (χ1n) is 37.6. The summed E-state index contributed by atoms with van der Waals surface area (Å²) in [4.78, 5) is 13.3. The summed E-state index contributed by atoms with van der Waals surface area (Å²) in [7, 11) is 0. The Morgan fingerprint density at radius 2 is 0.727 bits per heavy atom. The van der Waals surface area contributed by atoms with Crippen molar-refractivity contribution in [1.82, 2.24) is 5.32 Å². The van der Waals surface area contributed by atoms with Gasteiger partial charge in [0.15, 0.2) is 12.6 Å². The van der Waals surface area contributed by atoms with Gasteiger partial charge >= 0.3 is 0 Å². The third kappa shape index (κ3) is 42.6. The Morgan fingerprint density at radius 3 is 1.11 bits per heavy atom. The van der Waals surface area contributed by atoms with E-state index < -0.39 is 86.8 Å². The molecule has 0 aromatic carbocycles. The number of unbranched alkanes of at least 4 members (excludes halogenated alkanes) is 48. The van der Waals surface area contributed by atoms with Crippen LogP contribution in [0.5, 0.6) is 0 Å². The number of allylic oxidation sites excluding steroid dienone is 3. The minimum atomic E-state index is -1.79. The van der Waals surface area contributed by atoms with Crippen LogP contribution in [-0.2, 0) is 23.7 Å². The van der Waals surface area contributed by atoms with E-state index in [1.807, 2.05) is 6.08 Å². The van der Waals surface area contributed by atoms with Gasteiger partial charge in [0.25, 0.3) is 0 Å². The third-order valence-corrected chi connectivity index (χ3v) is 18.6. The summed E-state index contributed by atoms with van der Waals surface area (Å²) in [5.41, 5.74) is 0. The first-order chi connectivity index (χ1) is 43.1. The van der Waals surface area contributed by atoms with Crippen molar-refractivity contribution in [3.63, 3.8) is 0 Å². The van der Waals surface area contributed by atoms with Crippen molar-refractivity contribution in [2.75, 3.05) is 19.8 Å². The second-order valence-electron chi connectivity index (χ2n) is 26.8. The average Bonchev–Trinajstić information content (AvgIpc) is 2.02. The maximum Gasteiger partial charge on any atom is 0.220 e. The average molecular weight is 1250 g/mol. The van der Waals surface area contributed by atoms with Crippen LogP contribution in [0, 0.1) is 0 Å². The number of hydrogen-bond acceptors (Lipinski definition) is 13. The summed E-state index contributed by atoms with van der Waals surface area (Å²) in [6.07, 6.45) is 58.3. The highest BCUT2D eigenvalue weighted by Gasteiger charge is 2.51. The molecule has 1 amide bonds. The van der Waals surface area contributed by atoms with E-state index in [0.717, 1.165) is 32.1 Å². The molecule has 88 heavy (non-hydrogen) atoms. The van der Waals surface area contributed by atoms with Crippen molar-refractivity contribution in [3.05, 3.63) is 24.3 Å². The van der Waals surface area contributed by atoms with E-state index >= 15 is 0 Å². The molecule has 2 saturated heterocycles. The summed E-state index contributed by atoms with van der Waals surface area (Å²) in [6.45, 7) is 2.84. The van der Waals surface area contributed by atoms with E-state index in [4.69, 9.17) is 18.9 Å². The fraction of sp³-hybridized carbons (Fsp3) is 0.932. The molecule has 14 heteroatoms. The van der Waals surface area contributed by atoms with Crippen molar-refractivity contribution in [2.45, 2.75) is 421 Å². The summed E-state index contributed by atoms with van der Waals surface area (Å²) in [6, 6.07) is -0.930. The Labute approximate surface area is 539 Å². The lowest BCUT2D eigenvalue weighted by molar-refractivity contribution is -0.359. The highest BCUT2D eigenvalue weighted by molar-refractivity contribution is 5.76. The van der Waals surface area contributed by atoms with Gasteiger partial charge < -0.3 is 65.1 Å². The zero-order valence-electron chi connectivity index (χ0n) is 56.7. The van der Waals surface area contributed by atoms with Crippen molar-refractivity contribution in [3.8, 4) is 0 Å². The van der Waals surface area contributed by atoms with E-state index in [1.54, 1.807) is 6.08 Å². The molecule has 520 valence electrons. The number of aliphatic hydroxyl groups excluding tert-OH is 8. The summed E-state index contributed by atoms with van der Waals surface area (Å²) in [5.74, 6) is -0.241. The van der Waals surface area contributed by atoms with Gasteiger partial charge in [0.2, 0.25) is 5.91 Å². The number of hydrogen-bond donors (Lipinski definition) is 9. The molecule has 0 aromatic rings. The zero-order chi connectivity index (χ0) is 63.8. The van der Waals surface area contributed by atoms with Gasteiger partial charge in [-0.05, 0) is 32.1 Å². The van der Waals surface area contributed by atoms with Crippen molar-refractivity contribution < 1.29 is 64.6 Å². The Hall–Kier alpha value is -1.53. The van der Waals surface area contributed by atoms with Crippen molar-refractivity contribution >= 4 is 5.91 Å². The number of aliphatic hydroxyl groups is 8. The maximum atomic E-state index is 13.3. The van der Waals surface area contributed by atoms with E-state index in [0.29, 0.717) is 12.8 Å². The van der Waals surface area contributed by atoms with Crippen LogP contribution in [0.1, 0.15) is 348 Å². The lowest BCUT2D eigenvalue weighted by Gasteiger charge is -2.46. The van der Waals surface area contributed by atoms with E-state index in [2.05, 4.69) is 31.3 Å². The fourth-order valence-electron chi connectivity index (χ4n) is 12.7. The Kier molecular flexibility index (Phi) is 55.6. The molecule has 0 bridgehead atoms. The Balaban J connectivity index is 1.65. The smallest absolute Gasteiger partial charge is 0.220 e. The second kappa shape index (κ2) is 59.2. The largest absolute Gasteiger partial charge is 0.394 e. The number of nitrogens with one attached hydrogen (secondary N) is 1. The fourth-order valence-corrected chi connectivity index (χ4v) is 12.7. The molecule has 2 heterocycles. The molecular formula is C74H141NO13. The highest BCUT2D eigenvalue weighted by atomic mass is 16.7. The minimum absolute atomic E-state index is 0.241. The molecular weight excluding hydrogens is 1110 g/mol. The van der Waals surface area contributed by atoms with Crippen LogP contribution in [-0.4, -0.2) is 140 Å². The summed E-state index contributed by atoms with van der Waals surface area (Å²) >= 11 is 0. The molecule has 2 aliphatic heterocycles. The maximum absolute atomic E-state index is 13.3. The normalized spacial score (nSPS) is 23.2. The number of rotatable bonds is 63. The van der Waals surface area contributed by atoms with Gasteiger partial charge in [0.1, 0.15) is 48.8 Å². The second-order valence-corrected chi connectivity index (χ2v) is 26.8. The SMILES string of the molecule is CCCCCCCCCCCCCCCCCCCCCCCCCCCCC/C=C/CC/C=C/C(O)C(COC1OC(CO)C(OC2OC(CO)C(O)C(O)C2O)C(O)C1O)NC(=O)CCCCCCCCCCCCCCCCCCCCCCC. The van der Waals surface area contributed by atoms with Crippen molar-refractivity contribution in [1.29, 1.82) is 0 Å². The van der Waals surface area contributed by atoms with Gasteiger partial charge in [-0.1, -0.05) is 334 Å². The predicted octanol–water partition coefficient (Wildman–Crippen LogP) is 15.9. The molecule has 0 spiro atoms. The van der Waals surface area contributed by atoms with Gasteiger partial charge in [-0.2, -0.15) is 0 Å². The van der Waals surface area contributed by atoms with Gasteiger partial charge in [-0.25, -0.2) is 0 Å². The summed E-state index contributed by atoms with van der Waals surface area (Å²) < 4.78 is 22.9. The van der Waals surface area contributed by atoms with Crippen LogP contribution in [0.2, 0.25) is 0 Å². The first-order valence-corrected chi connectivity index (χ1v) is 37.6. The van der Waals surface area contributed by atoms with Crippen molar-refractivity contribution in [2.24, 2.45) is 0 Å². The van der Waals surface area contributed by atoms with E-state index in [9.17, 15) is 45.6 Å². The minimum Gasteiger partial charge on any atom is -0.394 e. The standard InChI is InChI=1S/C74H141NO13/c1-3-5-7-9-11-13-15-17-19-21-23-25-26-27-28-29-30-31-32-33-34-35-36-38-39-41-43-45-47-49-51-53-55-57-63(78)62(61-85-73-71(84)69(82)72(65(60-77)87-73)88-74-70(83)68(81)67(80)64(59-76)86-74)75-66(79)58-56-54-52-50-48-46-44-42-40-37-24-22-20-18-16-14-12-10-8-6-4-2/h47,49,55,57,62-65,67-74,76-78,80-84H,3-46,48,50-54,56,58-61H2,1-2H3,(H,75,79)/b49-47+,57-55+. The molecule has 9 N–H and O–H groups in total. The van der Waals surface area contributed by atoms with Crippen LogP contribution >= 0.6 is 0 Å². The molecule has 12 atom stereocenters. The Bertz CT molecular complexity index is 1570. The van der Waals surface area contributed by atoms with Crippen LogP contribution in [0.4, 0.5) is 0 Å². The number of amides is 1. The Morgan fingerprint density at radius 1 is 0.398 bits per heavy atom. The monoisotopic (exact) mass is 1250 g/mol. The van der Waals surface area contributed by atoms with Crippen LogP contribution in [0.3, 0.4) is 0 Å². The van der Waals surface area contributed by atoms with Gasteiger partial charge in [-0.3, -0.25) is 4.79 Å². The molecule has 0 saturated carbocycles. The predicted molar refractivity (Wildman–Crippen MR) is 360 cm³/mol. The highest BCUT2D eigenvalue weighted by Crippen LogP contribution is 2.30. The number of carbonyl (C=O) groups excluding carboxylic acids is 1. The van der Waals surface area contributed by atoms with E-state index in [-0.39, 0.29) is 18.9 Å². The number of carbonyl (C=O) groups is 1.